The van der Waals surface area contributed by atoms with Crippen LogP contribution in [0.1, 0.15) is 86.5 Å². The third kappa shape index (κ3) is 11.1. The summed E-state index contributed by atoms with van der Waals surface area (Å²) in [5.74, 6) is 0.514. The average molecular weight is 935 g/mol. The predicted octanol–water partition coefficient (Wildman–Crippen LogP) is 8.43. The van der Waals surface area contributed by atoms with Crippen LogP contribution in [0, 0.1) is 13.8 Å². The van der Waals surface area contributed by atoms with Crippen LogP contribution in [0.15, 0.2) is 118 Å². The van der Waals surface area contributed by atoms with Crippen molar-refractivity contribution in [1.29, 1.82) is 0 Å². The molecule has 6 aromatic carbocycles. The van der Waals surface area contributed by atoms with Gasteiger partial charge in [-0.15, -0.1) is 0 Å². The fourth-order valence-corrected chi connectivity index (χ4v) is 10.2. The second-order valence-electron chi connectivity index (χ2n) is 17.9. The standard InChI is InChI=1S/C30H31NO4.C28H27NO4.Li.H2O/c1-3-33-28(32)16-24-12-19(2)25-8-5-9-26(25)30(24)35-18-21-14-23-10-11-34-29(23)27(15-21)22-7-4-6-20(13-22)17-31;1-17-10-22(14-26(30)31)28(24-7-3-6-23(17)24)33-16-19-12-21-8-9-32-27(21)25(13-19)20-5-2-4-18(11-20)15-29;;/h4,6-7,10-15H,3,5,8-9,16-18,31H2,1-2H3;2,4-5,8-13H,3,6-7,14-16,29H2,1H3,(H,30,31);;1H2/q;;+1;/p-1. The quantitative estimate of drug-likeness (QED) is 0.0661. The van der Waals surface area contributed by atoms with Crippen LogP contribution in [0.3, 0.4) is 0 Å². The topological polar surface area (TPSA) is 190 Å². The predicted molar refractivity (Wildman–Crippen MR) is 268 cm³/mol. The van der Waals surface area contributed by atoms with Crippen LogP contribution in [0.5, 0.6) is 11.5 Å². The summed E-state index contributed by atoms with van der Waals surface area (Å²) in [6.07, 6.45) is 9.75. The number of carbonyl (C=O) groups excluding carboxylic acids is 1. The van der Waals surface area contributed by atoms with Gasteiger partial charge in [-0.05, 0) is 175 Å². The smallest absolute Gasteiger partial charge is 0.870 e. The van der Waals surface area contributed by atoms with E-state index in [0.29, 0.717) is 32.9 Å². The molecule has 0 saturated carbocycles. The van der Waals surface area contributed by atoms with E-state index in [4.69, 9.17) is 34.5 Å². The van der Waals surface area contributed by atoms with Gasteiger partial charge in [0.2, 0.25) is 0 Å². The van der Waals surface area contributed by atoms with Gasteiger partial charge in [0.15, 0.2) is 0 Å². The van der Waals surface area contributed by atoms with Crippen LogP contribution in [0.2, 0.25) is 0 Å². The maximum Gasteiger partial charge on any atom is 1.00 e. The first-order chi connectivity index (χ1) is 33.1. The van der Waals surface area contributed by atoms with Gasteiger partial charge in [-0.3, -0.25) is 9.59 Å². The van der Waals surface area contributed by atoms with E-state index in [-0.39, 0.29) is 43.1 Å². The van der Waals surface area contributed by atoms with E-state index >= 15 is 0 Å². The van der Waals surface area contributed by atoms with Crippen LogP contribution in [0.25, 0.3) is 44.2 Å². The Morgan fingerprint density at radius 2 is 1.06 bits per heavy atom. The zero-order chi connectivity index (χ0) is 47.3. The number of rotatable bonds is 15. The number of aliphatic carboxylic acids is 1. The van der Waals surface area contributed by atoms with Gasteiger partial charge in [0, 0.05) is 46.1 Å². The Balaban J connectivity index is 0.000000201. The summed E-state index contributed by atoms with van der Waals surface area (Å²) < 4.78 is 29.7. The van der Waals surface area contributed by atoms with Gasteiger partial charge in [0.25, 0.3) is 0 Å². The first-order valence-corrected chi connectivity index (χ1v) is 23.6. The van der Waals surface area contributed by atoms with Crippen LogP contribution >= 0.6 is 0 Å². The summed E-state index contributed by atoms with van der Waals surface area (Å²) in [5, 5.41) is 11.5. The summed E-state index contributed by atoms with van der Waals surface area (Å²) in [5.41, 5.74) is 30.8. The zero-order valence-electron chi connectivity index (χ0n) is 40.5. The number of esters is 1. The third-order valence-corrected chi connectivity index (χ3v) is 13.2. The van der Waals surface area contributed by atoms with Gasteiger partial charge < -0.3 is 45.1 Å². The SMILES string of the molecule is CCOC(=O)Cc1cc(C)c2c(c1OCc1cc(-c3cccc(CN)c3)c3occc3c1)CCC2.Cc1cc(CC(=O)O)c(OCc2cc(-c3cccc(CN)c3)c3occc3c2)c2c1CCC2.[Li+].[OH-]. The summed E-state index contributed by atoms with van der Waals surface area (Å²) in [4.78, 5) is 23.8. The minimum atomic E-state index is -0.848. The molecule has 0 aliphatic heterocycles. The molecule has 10 rings (SSSR count). The Morgan fingerprint density at radius 1 is 0.600 bits per heavy atom. The van der Waals surface area contributed by atoms with Gasteiger partial charge in [-0.25, -0.2) is 0 Å². The van der Waals surface area contributed by atoms with Gasteiger partial charge >= 0.3 is 30.8 Å². The van der Waals surface area contributed by atoms with Crippen molar-refractivity contribution >= 4 is 33.9 Å². The summed E-state index contributed by atoms with van der Waals surface area (Å²) in [6.45, 7) is 8.10. The Labute approximate surface area is 420 Å². The largest absolute Gasteiger partial charge is 1.00 e. The average Bonchev–Trinajstić information content (AvgIpc) is 4.19. The molecule has 12 heteroatoms. The number of carboxylic acids is 1. The molecule has 0 amide bonds. The number of hydrogen-bond donors (Lipinski definition) is 3. The number of carboxylic acid groups (broad SMARTS) is 1. The fraction of sp³-hybridized carbons (Fsp3) is 0.276. The van der Waals surface area contributed by atoms with E-state index in [1.807, 2.05) is 49.4 Å². The van der Waals surface area contributed by atoms with E-state index in [1.54, 1.807) is 12.5 Å². The van der Waals surface area contributed by atoms with Crippen molar-refractivity contribution in [2.75, 3.05) is 6.61 Å². The second-order valence-corrected chi connectivity index (χ2v) is 17.9. The molecule has 0 bridgehead atoms. The van der Waals surface area contributed by atoms with Crippen LogP contribution in [-0.2, 0) is 79.2 Å². The minimum Gasteiger partial charge on any atom is -0.870 e. The molecular formula is C58H59LiN2O9. The van der Waals surface area contributed by atoms with Crippen molar-refractivity contribution in [3.8, 4) is 33.8 Å². The molecule has 0 radical (unpaired) electrons. The van der Waals surface area contributed by atoms with Crippen molar-refractivity contribution < 1.29 is 62.1 Å². The van der Waals surface area contributed by atoms with Gasteiger partial charge in [0.1, 0.15) is 35.9 Å². The van der Waals surface area contributed by atoms with E-state index in [9.17, 15) is 14.7 Å². The Bertz CT molecular complexity index is 3170. The summed E-state index contributed by atoms with van der Waals surface area (Å²) in [7, 11) is 0. The molecule has 0 saturated heterocycles. The van der Waals surface area contributed by atoms with Crippen LogP contribution in [-0.4, -0.2) is 29.1 Å². The molecular weight excluding hydrogens is 876 g/mol. The number of benzene rings is 6. The molecule has 2 aromatic heterocycles. The minimum absolute atomic E-state index is 0. The molecule has 8 aromatic rings. The zero-order valence-corrected chi connectivity index (χ0v) is 40.5. The third-order valence-electron chi connectivity index (χ3n) is 13.2. The molecule has 6 N–H and O–H groups in total. The molecule has 0 spiro atoms. The number of ether oxygens (including phenoxy) is 3. The molecule has 2 aliphatic carbocycles. The van der Waals surface area contributed by atoms with E-state index in [1.165, 1.54) is 27.8 Å². The normalized spacial score (nSPS) is 12.4. The van der Waals surface area contributed by atoms with Gasteiger partial charge in [0.05, 0.1) is 32.0 Å². The molecule has 0 unspecified atom stereocenters. The number of nitrogens with two attached hydrogens (primary N) is 2. The Kier molecular flexibility index (Phi) is 16.8. The number of furan rings is 2. The molecule has 2 aliphatic rings. The molecule has 2 heterocycles. The molecule has 356 valence electrons. The summed E-state index contributed by atoms with van der Waals surface area (Å²) in [6, 6.07) is 32.8. The van der Waals surface area contributed by atoms with E-state index in [0.717, 1.165) is 133 Å². The molecule has 11 nitrogen and oxygen atoms in total. The first-order valence-electron chi connectivity index (χ1n) is 23.6. The Morgan fingerprint density at radius 3 is 1.50 bits per heavy atom. The monoisotopic (exact) mass is 934 g/mol. The number of carbonyl (C=O) groups is 2. The molecule has 70 heavy (non-hydrogen) atoms. The number of fused-ring (bicyclic) bond motifs is 4. The van der Waals surface area contributed by atoms with Crippen molar-refractivity contribution in [2.24, 2.45) is 11.5 Å². The van der Waals surface area contributed by atoms with Crippen molar-refractivity contribution in [1.82, 2.24) is 0 Å². The second kappa shape index (κ2) is 22.9. The van der Waals surface area contributed by atoms with Crippen LogP contribution < -0.4 is 39.8 Å². The maximum absolute atomic E-state index is 12.3. The van der Waals surface area contributed by atoms with E-state index in [2.05, 4.69) is 68.4 Å². The van der Waals surface area contributed by atoms with Gasteiger partial charge in [-0.2, -0.15) is 0 Å². The van der Waals surface area contributed by atoms with E-state index < -0.39 is 5.97 Å². The fourth-order valence-electron chi connectivity index (χ4n) is 10.2. The number of aryl methyl sites for hydroxylation is 2. The van der Waals surface area contributed by atoms with Crippen LogP contribution in [0.4, 0.5) is 0 Å². The first kappa shape index (κ1) is 51.3. The van der Waals surface area contributed by atoms with Gasteiger partial charge in [-0.1, -0.05) is 48.5 Å². The Hall–Kier alpha value is -6.58. The maximum atomic E-state index is 12.3. The summed E-state index contributed by atoms with van der Waals surface area (Å²) >= 11 is 0. The van der Waals surface area contributed by atoms with Crippen molar-refractivity contribution in [2.45, 2.75) is 98.4 Å². The molecule has 0 atom stereocenters. The number of hydrogen-bond acceptors (Lipinski definition) is 10. The molecule has 0 fully saturated rings. The van der Waals surface area contributed by atoms with Crippen molar-refractivity contribution in [3.63, 3.8) is 0 Å². The van der Waals surface area contributed by atoms with Crippen molar-refractivity contribution in [3.05, 3.63) is 176 Å².